The van der Waals surface area contributed by atoms with Crippen LogP contribution in [0.15, 0.2) is 53.7 Å². The van der Waals surface area contributed by atoms with E-state index in [1.165, 1.54) is 16.4 Å². The highest BCUT2D eigenvalue weighted by molar-refractivity contribution is 7.89. The van der Waals surface area contributed by atoms with Crippen LogP contribution < -0.4 is 4.90 Å². The lowest BCUT2D eigenvalue weighted by atomic mass is 10.2. The molecule has 0 unspecified atom stereocenters. The summed E-state index contributed by atoms with van der Waals surface area (Å²) in [5, 5.41) is 13.4. The van der Waals surface area contributed by atoms with Crippen molar-refractivity contribution in [2.75, 3.05) is 31.1 Å². The van der Waals surface area contributed by atoms with Crippen molar-refractivity contribution in [3.05, 3.63) is 60.2 Å². The van der Waals surface area contributed by atoms with Crippen molar-refractivity contribution in [2.24, 2.45) is 0 Å². The van der Waals surface area contributed by atoms with E-state index in [1.807, 2.05) is 36.2 Å². The van der Waals surface area contributed by atoms with E-state index in [0.29, 0.717) is 37.8 Å². The van der Waals surface area contributed by atoms with Crippen molar-refractivity contribution in [2.45, 2.75) is 11.8 Å². The highest BCUT2D eigenvalue weighted by atomic mass is 32.2. The van der Waals surface area contributed by atoms with Gasteiger partial charge in [-0.05, 0) is 25.1 Å². The van der Waals surface area contributed by atoms with E-state index in [2.05, 4.69) is 15.1 Å². The number of hydrogen-bond acceptors (Lipinski definition) is 7. The van der Waals surface area contributed by atoms with Gasteiger partial charge in [0.1, 0.15) is 17.7 Å². The van der Waals surface area contributed by atoms with Crippen molar-refractivity contribution < 1.29 is 8.42 Å². The zero-order chi connectivity index (χ0) is 20.4. The molecule has 0 radical (unpaired) electrons. The lowest BCUT2D eigenvalue weighted by Crippen LogP contribution is -2.49. The maximum absolute atomic E-state index is 13.0. The number of anilines is 1. The quantitative estimate of drug-likeness (QED) is 0.640. The summed E-state index contributed by atoms with van der Waals surface area (Å²) in [6, 6.07) is 11.9. The molecule has 9 nitrogen and oxygen atoms in total. The van der Waals surface area contributed by atoms with Crippen LogP contribution in [0.2, 0.25) is 0 Å². The second-order valence-electron chi connectivity index (χ2n) is 6.58. The summed E-state index contributed by atoms with van der Waals surface area (Å²) in [6.07, 6.45) is 3.49. The van der Waals surface area contributed by atoms with E-state index in [0.717, 1.165) is 5.82 Å². The Kier molecular flexibility index (Phi) is 5.00. The zero-order valence-electron chi connectivity index (χ0n) is 15.8. The predicted octanol–water partition coefficient (Wildman–Crippen LogP) is 1.35. The Labute approximate surface area is 168 Å². The normalized spacial score (nSPS) is 15.2. The molecule has 1 aliphatic rings. The van der Waals surface area contributed by atoms with Gasteiger partial charge in [-0.1, -0.05) is 12.1 Å². The molecule has 2 aromatic heterocycles. The first-order valence-corrected chi connectivity index (χ1v) is 10.5. The molecule has 0 amide bonds. The highest BCUT2D eigenvalue weighted by Crippen LogP contribution is 2.23. The molecule has 0 aliphatic carbocycles. The number of aryl methyl sites for hydroxylation is 1. The number of aromatic nitrogens is 4. The first-order chi connectivity index (χ1) is 14.0. The van der Waals surface area contributed by atoms with Crippen molar-refractivity contribution in [3.63, 3.8) is 0 Å². The molecule has 0 bridgehead atoms. The second-order valence-corrected chi connectivity index (χ2v) is 8.49. The maximum Gasteiger partial charge on any atom is 0.244 e. The van der Waals surface area contributed by atoms with Crippen molar-refractivity contribution >= 4 is 15.8 Å². The smallest absolute Gasteiger partial charge is 0.244 e. The van der Waals surface area contributed by atoms with E-state index < -0.39 is 10.0 Å². The molecule has 1 saturated heterocycles. The first kappa shape index (κ1) is 19.0. The minimum Gasteiger partial charge on any atom is -0.354 e. The van der Waals surface area contributed by atoms with Gasteiger partial charge in [-0.25, -0.2) is 23.1 Å². The fourth-order valence-electron chi connectivity index (χ4n) is 3.30. The van der Waals surface area contributed by atoms with Gasteiger partial charge < -0.3 is 4.90 Å². The average Bonchev–Trinajstić information content (AvgIpc) is 3.28. The number of sulfonamides is 1. The van der Waals surface area contributed by atoms with Gasteiger partial charge in [-0.15, -0.1) is 0 Å². The third kappa shape index (κ3) is 3.70. The average molecular weight is 409 g/mol. The summed E-state index contributed by atoms with van der Waals surface area (Å²) in [6.45, 7) is 3.41. The largest absolute Gasteiger partial charge is 0.354 e. The van der Waals surface area contributed by atoms with Gasteiger partial charge in [0.25, 0.3) is 0 Å². The van der Waals surface area contributed by atoms with Crippen molar-refractivity contribution in [1.82, 2.24) is 24.1 Å². The molecular weight excluding hydrogens is 390 g/mol. The fourth-order valence-corrected chi connectivity index (χ4v) is 4.87. The van der Waals surface area contributed by atoms with Crippen LogP contribution in [0.4, 0.5) is 5.82 Å². The first-order valence-electron chi connectivity index (χ1n) is 9.09. The number of nitriles is 1. The third-order valence-electron chi connectivity index (χ3n) is 4.74. The highest BCUT2D eigenvalue weighted by Gasteiger charge is 2.30. The molecule has 4 rings (SSSR count). The Bertz CT molecular complexity index is 1160. The van der Waals surface area contributed by atoms with Gasteiger partial charge in [0.05, 0.1) is 10.5 Å². The van der Waals surface area contributed by atoms with Gasteiger partial charge in [-0.2, -0.15) is 14.7 Å². The molecular formula is C19H19N7O2S. The Hall–Kier alpha value is -3.29. The number of nitrogens with zero attached hydrogens (tertiary/aromatic N) is 7. The van der Waals surface area contributed by atoms with Gasteiger partial charge in [-0.3, -0.25) is 0 Å². The van der Waals surface area contributed by atoms with Crippen LogP contribution in [-0.2, 0) is 10.0 Å². The minimum absolute atomic E-state index is 0.0507. The Morgan fingerprint density at radius 1 is 1.03 bits per heavy atom. The molecule has 0 N–H and O–H groups in total. The molecule has 0 spiro atoms. The monoisotopic (exact) mass is 409 g/mol. The minimum atomic E-state index is -3.72. The van der Waals surface area contributed by atoms with Crippen LogP contribution in [0.3, 0.4) is 0 Å². The van der Waals surface area contributed by atoms with E-state index in [4.69, 9.17) is 0 Å². The molecule has 1 aromatic carbocycles. The van der Waals surface area contributed by atoms with Crippen LogP contribution in [0.25, 0.3) is 5.82 Å². The van der Waals surface area contributed by atoms with E-state index >= 15 is 0 Å². The molecule has 148 valence electrons. The van der Waals surface area contributed by atoms with Gasteiger partial charge in [0, 0.05) is 44.6 Å². The molecule has 29 heavy (non-hydrogen) atoms. The van der Waals surface area contributed by atoms with Gasteiger partial charge in [0.2, 0.25) is 10.0 Å². The molecule has 1 fully saturated rings. The van der Waals surface area contributed by atoms with Crippen molar-refractivity contribution in [3.8, 4) is 11.9 Å². The van der Waals surface area contributed by atoms with E-state index in [1.54, 1.807) is 23.0 Å². The third-order valence-corrected chi connectivity index (χ3v) is 6.69. The molecule has 0 atom stereocenters. The summed E-state index contributed by atoms with van der Waals surface area (Å²) in [5.41, 5.74) is 0.158. The Morgan fingerprint density at radius 2 is 1.76 bits per heavy atom. The number of benzene rings is 1. The fraction of sp³-hybridized carbons (Fsp3) is 0.263. The lowest BCUT2D eigenvalue weighted by molar-refractivity contribution is 0.383. The Balaban J connectivity index is 1.54. The maximum atomic E-state index is 13.0. The predicted molar refractivity (Wildman–Crippen MR) is 106 cm³/mol. The van der Waals surface area contributed by atoms with Crippen LogP contribution >= 0.6 is 0 Å². The number of rotatable bonds is 4. The summed E-state index contributed by atoms with van der Waals surface area (Å²) in [4.78, 5) is 11.0. The SMILES string of the molecule is Cc1nc(N2CCN(S(=O)(=O)c3ccccc3C#N)CC2)cc(-n2cccn2)n1. The molecule has 10 heteroatoms. The molecule has 1 aliphatic heterocycles. The van der Waals surface area contributed by atoms with E-state index in [9.17, 15) is 13.7 Å². The van der Waals surface area contributed by atoms with Crippen LogP contribution in [0.1, 0.15) is 11.4 Å². The van der Waals surface area contributed by atoms with Crippen LogP contribution in [0.5, 0.6) is 0 Å². The standard InChI is InChI=1S/C19H19N7O2S/c1-15-22-18(13-19(23-15)26-8-4-7-21-26)24-9-11-25(12-10-24)29(27,28)17-6-3-2-5-16(17)14-20/h2-8,13H,9-12H2,1H3. The summed E-state index contributed by atoms with van der Waals surface area (Å²) in [5.74, 6) is 2.01. The Morgan fingerprint density at radius 3 is 2.45 bits per heavy atom. The van der Waals surface area contributed by atoms with Crippen molar-refractivity contribution in [1.29, 1.82) is 5.26 Å². The van der Waals surface area contributed by atoms with Crippen LogP contribution in [-0.4, -0.2) is 58.7 Å². The molecule has 0 saturated carbocycles. The summed E-state index contributed by atoms with van der Waals surface area (Å²) >= 11 is 0. The summed E-state index contributed by atoms with van der Waals surface area (Å²) in [7, 11) is -3.72. The zero-order valence-corrected chi connectivity index (χ0v) is 16.6. The topological polar surface area (TPSA) is 108 Å². The number of piperazine rings is 1. The summed E-state index contributed by atoms with van der Waals surface area (Å²) < 4.78 is 29.1. The number of hydrogen-bond donors (Lipinski definition) is 0. The van der Waals surface area contributed by atoms with Gasteiger partial charge in [0.15, 0.2) is 5.82 Å². The lowest BCUT2D eigenvalue weighted by Gasteiger charge is -2.34. The van der Waals surface area contributed by atoms with E-state index in [-0.39, 0.29) is 10.5 Å². The van der Waals surface area contributed by atoms with Crippen LogP contribution in [0, 0.1) is 18.3 Å². The molecule has 3 heterocycles. The molecule has 3 aromatic rings. The second kappa shape index (κ2) is 7.62. The van der Waals surface area contributed by atoms with Gasteiger partial charge >= 0.3 is 0 Å².